The van der Waals surface area contributed by atoms with E-state index in [0.29, 0.717) is 28.3 Å². The Kier molecular flexibility index (Phi) is 5.38. The van der Waals surface area contributed by atoms with Gasteiger partial charge in [0, 0.05) is 18.7 Å². The SMILES string of the molecule is CCc1ccc(N2C(=O)C(c3ccccc3OC)=C(N3CCCCC3)C2=O)cc1. The Morgan fingerprint density at radius 1 is 0.897 bits per heavy atom. The molecule has 0 saturated carbocycles. The van der Waals surface area contributed by atoms with E-state index < -0.39 is 0 Å². The van der Waals surface area contributed by atoms with Crippen molar-refractivity contribution in [1.82, 2.24) is 4.90 Å². The van der Waals surface area contributed by atoms with Gasteiger partial charge < -0.3 is 9.64 Å². The number of likely N-dealkylation sites (tertiary alicyclic amines) is 1. The van der Waals surface area contributed by atoms with Gasteiger partial charge in [-0.25, -0.2) is 4.90 Å². The van der Waals surface area contributed by atoms with Crippen molar-refractivity contribution in [1.29, 1.82) is 0 Å². The average molecular weight is 390 g/mol. The third kappa shape index (κ3) is 3.41. The predicted molar refractivity (Wildman–Crippen MR) is 114 cm³/mol. The van der Waals surface area contributed by atoms with Crippen LogP contribution >= 0.6 is 0 Å². The topological polar surface area (TPSA) is 49.9 Å². The summed E-state index contributed by atoms with van der Waals surface area (Å²) in [7, 11) is 1.59. The molecular formula is C24H26N2O3. The molecule has 0 spiro atoms. The number of imide groups is 1. The van der Waals surface area contributed by atoms with Crippen molar-refractivity contribution in [2.24, 2.45) is 0 Å². The van der Waals surface area contributed by atoms with Crippen molar-refractivity contribution in [3.8, 4) is 5.75 Å². The molecule has 2 heterocycles. The highest BCUT2D eigenvalue weighted by Gasteiger charge is 2.43. The molecule has 0 atom stereocenters. The van der Waals surface area contributed by atoms with Crippen molar-refractivity contribution >= 4 is 23.1 Å². The fourth-order valence-corrected chi connectivity index (χ4v) is 4.14. The number of benzene rings is 2. The first-order valence-electron chi connectivity index (χ1n) is 10.3. The minimum absolute atomic E-state index is 0.248. The van der Waals surface area contributed by atoms with Gasteiger partial charge in [-0.3, -0.25) is 9.59 Å². The Bertz CT molecular complexity index is 956. The van der Waals surface area contributed by atoms with Crippen LogP contribution in [0.1, 0.15) is 37.3 Å². The summed E-state index contributed by atoms with van der Waals surface area (Å²) in [4.78, 5) is 30.5. The van der Waals surface area contributed by atoms with E-state index >= 15 is 0 Å². The molecular weight excluding hydrogens is 364 g/mol. The summed E-state index contributed by atoms with van der Waals surface area (Å²) in [5, 5.41) is 0. The van der Waals surface area contributed by atoms with Crippen molar-refractivity contribution in [2.75, 3.05) is 25.1 Å². The van der Waals surface area contributed by atoms with Gasteiger partial charge in [-0.2, -0.15) is 0 Å². The summed E-state index contributed by atoms with van der Waals surface area (Å²) in [5.41, 5.74) is 3.38. The number of hydrogen-bond donors (Lipinski definition) is 0. The largest absolute Gasteiger partial charge is 0.496 e. The van der Waals surface area contributed by atoms with E-state index in [1.165, 1.54) is 10.5 Å². The minimum atomic E-state index is -0.288. The highest BCUT2D eigenvalue weighted by Crippen LogP contribution is 2.39. The van der Waals surface area contributed by atoms with Crippen LogP contribution in [0.5, 0.6) is 5.75 Å². The normalized spacial score (nSPS) is 17.3. The van der Waals surface area contributed by atoms with Crippen LogP contribution in [0, 0.1) is 0 Å². The highest BCUT2D eigenvalue weighted by atomic mass is 16.5. The second-order valence-corrected chi connectivity index (χ2v) is 7.44. The van der Waals surface area contributed by atoms with Gasteiger partial charge in [-0.1, -0.05) is 37.3 Å². The summed E-state index contributed by atoms with van der Waals surface area (Å²) in [6.45, 7) is 3.65. The number of carbonyl (C=O) groups is 2. The number of carbonyl (C=O) groups excluding carboxylic acids is 2. The highest BCUT2D eigenvalue weighted by molar-refractivity contribution is 6.45. The van der Waals surface area contributed by atoms with Crippen molar-refractivity contribution in [2.45, 2.75) is 32.6 Å². The van der Waals surface area contributed by atoms with Crippen LogP contribution in [0.15, 0.2) is 54.2 Å². The molecule has 1 saturated heterocycles. The van der Waals surface area contributed by atoms with Crippen LogP contribution in [0.4, 0.5) is 5.69 Å². The van der Waals surface area contributed by atoms with Gasteiger partial charge in [0.1, 0.15) is 11.4 Å². The summed E-state index contributed by atoms with van der Waals surface area (Å²) >= 11 is 0. The lowest BCUT2D eigenvalue weighted by Gasteiger charge is -2.29. The first-order valence-corrected chi connectivity index (χ1v) is 10.3. The van der Waals surface area contributed by atoms with Crippen LogP contribution in [-0.4, -0.2) is 36.9 Å². The van der Waals surface area contributed by atoms with E-state index in [-0.39, 0.29) is 11.8 Å². The lowest BCUT2D eigenvalue weighted by Crippen LogP contribution is -2.37. The third-order valence-electron chi connectivity index (χ3n) is 5.71. The molecule has 5 heteroatoms. The van der Waals surface area contributed by atoms with E-state index in [9.17, 15) is 9.59 Å². The van der Waals surface area contributed by atoms with Crippen LogP contribution in [-0.2, 0) is 16.0 Å². The summed E-state index contributed by atoms with van der Waals surface area (Å²) < 4.78 is 5.51. The smallest absolute Gasteiger partial charge is 0.282 e. The van der Waals surface area contributed by atoms with E-state index in [1.807, 2.05) is 48.5 Å². The maximum absolute atomic E-state index is 13.6. The van der Waals surface area contributed by atoms with Gasteiger partial charge in [-0.15, -0.1) is 0 Å². The number of ether oxygens (including phenoxy) is 1. The molecule has 1 fully saturated rings. The van der Waals surface area contributed by atoms with E-state index in [2.05, 4.69) is 11.8 Å². The minimum Gasteiger partial charge on any atom is -0.496 e. The fraction of sp³-hybridized carbons (Fsp3) is 0.333. The molecule has 4 rings (SSSR count). The molecule has 2 aliphatic rings. The first-order chi connectivity index (χ1) is 14.2. The second kappa shape index (κ2) is 8.11. The number of methoxy groups -OCH3 is 1. The monoisotopic (exact) mass is 390 g/mol. The zero-order valence-electron chi connectivity index (χ0n) is 17.0. The van der Waals surface area contributed by atoms with Gasteiger partial charge in [-0.05, 0) is 49.4 Å². The maximum Gasteiger partial charge on any atom is 0.282 e. The Morgan fingerprint density at radius 3 is 2.24 bits per heavy atom. The number of para-hydroxylation sites is 1. The molecule has 2 aromatic carbocycles. The van der Waals surface area contributed by atoms with Crippen molar-refractivity contribution in [3.05, 3.63) is 65.4 Å². The van der Waals surface area contributed by atoms with Gasteiger partial charge in [0.2, 0.25) is 0 Å². The molecule has 0 bridgehead atoms. The fourth-order valence-electron chi connectivity index (χ4n) is 4.14. The number of rotatable bonds is 5. The predicted octanol–water partition coefficient (Wildman–Crippen LogP) is 4.03. The molecule has 0 aromatic heterocycles. The first kappa shape index (κ1) is 19.2. The molecule has 0 radical (unpaired) electrons. The van der Waals surface area contributed by atoms with Crippen LogP contribution in [0.2, 0.25) is 0 Å². The van der Waals surface area contributed by atoms with E-state index in [1.54, 1.807) is 7.11 Å². The zero-order chi connectivity index (χ0) is 20.4. The number of hydrogen-bond acceptors (Lipinski definition) is 4. The standard InChI is InChI=1S/C24H26N2O3/c1-3-17-11-13-18(14-12-17)26-23(27)21(19-9-5-6-10-20(19)29-2)22(24(26)28)25-15-7-4-8-16-25/h5-6,9-14H,3-4,7-8,15-16H2,1-2H3. The summed E-state index contributed by atoms with van der Waals surface area (Å²) in [6, 6.07) is 15.1. The lowest BCUT2D eigenvalue weighted by molar-refractivity contribution is -0.120. The third-order valence-corrected chi connectivity index (χ3v) is 5.71. The number of amides is 2. The Labute approximate surface area is 171 Å². The van der Waals surface area contributed by atoms with Crippen LogP contribution in [0.3, 0.4) is 0 Å². The van der Waals surface area contributed by atoms with Crippen molar-refractivity contribution in [3.63, 3.8) is 0 Å². The number of nitrogens with zero attached hydrogens (tertiary/aromatic N) is 2. The van der Waals surface area contributed by atoms with E-state index in [0.717, 1.165) is 38.8 Å². The molecule has 0 aliphatic carbocycles. The number of aryl methyl sites for hydroxylation is 1. The number of piperidine rings is 1. The maximum atomic E-state index is 13.6. The molecule has 29 heavy (non-hydrogen) atoms. The Hall–Kier alpha value is -3.08. The van der Waals surface area contributed by atoms with Gasteiger partial charge in [0.05, 0.1) is 18.4 Å². The van der Waals surface area contributed by atoms with Crippen molar-refractivity contribution < 1.29 is 14.3 Å². The van der Waals surface area contributed by atoms with Gasteiger partial charge >= 0.3 is 0 Å². The molecule has 5 nitrogen and oxygen atoms in total. The second-order valence-electron chi connectivity index (χ2n) is 7.44. The van der Waals surface area contributed by atoms with E-state index in [4.69, 9.17) is 4.74 Å². The lowest BCUT2D eigenvalue weighted by atomic mass is 10.0. The quantitative estimate of drug-likeness (QED) is 0.724. The zero-order valence-corrected chi connectivity index (χ0v) is 17.0. The van der Waals surface area contributed by atoms with Crippen LogP contribution in [0.25, 0.3) is 5.57 Å². The number of anilines is 1. The average Bonchev–Trinajstić information content (AvgIpc) is 3.04. The van der Waals surface area contributed by atoms with Gasteiger partial charge in [0.25, 0.3) is 11.8 Å². The molecule has 0 unspecified atom stereocenters. The summed E-state index contributed by atoms with van der Waals surface area (Å²) in [6.07, 6.45) is 4.11. The Morgan fingerprint density at radius 2 is 1.59 bits per heavy atom. The molecule has 2 aliphatic heterocycles. The molecule has 150 valence electrons. The molecule has 0 N–H and O–H groups in total. The Balaban J connectivity index is 1.83. The molecule has 2 amide bonds. The molecule has 2 aromatic rings. The summed E-state index contributed by atoms with van der Waals surface area (Å²) in [5.74, 6) is 0.0627. The van der Waals surface area contributed by atoms with Crippen LogP contribution < -0.4 is 9.64 Å². The van der Waals surface area contributed by atoms with Gasteiger partial charge in [0.15, 0.2) is 0 Å².